The van der Waals surface area contributed by atoms with Crippen molar-refractivity contribution < 1.29 is 9.18 Å². The van der Waals surface area contributed by atoms with Crippen molar-refractivity contribution >= 4 is 34.8 Å². The molecule has 5 heteroatoms. The van der Waals surface area contributed by atoms with Gasteiger partial charge in [0, 0.05) is 11.6 Å². The van der Waals surface area contributed by atoms with Crippen LogP contribution in [-0.4, -0.2) is 11.8 Å². The molecule has 0 saturated heterocycles. The molecule has 104 valence electrons. The summed E-state index contributed by atoms with van der Waals surface area (Å²) in [5, 5.41) is 2.79. The molecular formula is C15H12Cl2FNO. The maximum atomic E-state index is 12.9. The van der Waals surface area contributed by atoms with E-state index in [2.05, 4.69) is 5.32 Å². The first kappa shape index (κ1) is 14.8. The zero-order chi connectivity index (χ0) is 14.5. The van der Waals surface area contributed by atoms with Crippen LogP contribution in [0, 0.1) is 5.82 Å². The topological polar surface area (TPSA) is 29.1 Å². The van der Waals surface area contributed by atoms with Gasteiger partial charge in [0.1, 0.15) is 5.82 Å². The van der Waals surface area contributed by atoms with Crippen molar-refractivity contribution in [2.24, 2.45) is 0 Å². The van der Waals surface area contributed by atoms with Crippen molar-refractivity contribution in [2.45, 2.75) is 6.42 Å². The Morgan fingerprint density at radius 3 is 2.45 bits per heavy atom. The molecule has 0 bridgehead atoms. The number of rotatable bonds is 4. The fourth-order valence-electron chi connectivity index (χ4n) is 1.74. The van der Waals surface area contributed by atoms with Gasteiger partial charge in [-0.3, -0.25) is 4.79 Å². The monoisotopic (exact) mass is 311 g/mol. The number of benzene rings is 2. The Labute approximate surface area is 126 Å². The van der Waals surface area contributed by atoms with Gasteiger partial charge in [-0.15, -0.1) is 11.6 Å². The number of hydrogen-bond acceptors (Lipinski definition) is 1. The molecule has 0 spiro atoms. The highest BCUT2D eigenvalue weighted by Gasteiger charge is 2.11. The van der Waals surface area contributed by atoms with E-state index in [9.17, 15) is 9.18 Å². The fraction of sp³-hybridized carbons (Fsp3) is 0.133. The van der Waals surface area contributed by atoms with E-state index >= 15 is 0 Å². The summed E-state index contributed by atoms with van der Waals surface area (Å²) in [6.07, 6.45) is 0.777. The number of anilines is 1. The first-order chi connectivity index (χ1) is 9.60. The van der Waals surface area contributed by atoms with Crippen LogP contribution in [0.3, 0.4) is 0 Å². The molecule has 2 nitrogen and oxygen atoms in total. The molecular weight excluding hydrogens is 300 g/mol. The Hall–Kier alpha value is -1.58. The van der Waals surface area contributed by atoms with Crippen molar-refractivity contribution in [1.82, 2.24) is 0 Å². The van der Waals surface area contributed by atoms with E-state index < -0.39 is 5.82 Å². The number of carbonyl (C=O) groups excluding carboxylic acids is 1. The lowest BCUT2D eigenvalue weighted by Crippen LogP contribution is -2.12. The molecule has 2 aromatic rings. The first-order valence-electron chi connectivity index (χ1n) is 6.01. The number of alkyl halides is 1. The third-order valence-corrected chi connectivity index (χ3v) is 3.27. The van der Waals surface area contributed by atoms with Gasteiger partial charge in [-0.2, -0.15) is 0 Å². The smallest absolute Gasteiger partial charge is 0.257 e. The molecule has 0 saturated carbocycles. The van der Waals surface area contributed by atoms with E-state index in [0.29, 0.717) is 11.6 Å². The van der Waals surface area contributed by atoms with E-state index in [-0.39, 0.29) is 16.5 Å². The van der Waals surface area contributed by atoms with Crippen LogP contribution >= 0.6 is 23.2 Å². The minimum Gasteiger partial charge on any atom is -0.322 e. The van der Waals surface area contributed by atoms with Gasteiger partial charge in [-0.05, 0) is 42.3 Å². The Morgan fingerprint density at radius 1 is 1.15 bits per heavy atom. The van der Waals surface area contributed by atoms with E-state index in [1.165, 1.54) is 12.1 Å². The molecule has 2 aromatic carbocycles. The zero-order valence-corrected chi connectivity index (χ0v) is 12.0. The van der Waals surface area contributed by atoms with E-state index in [4.69, 9.17) is 23.2 Å². The van der Waals surface area contributed by atoms with Crippen molar-refractivity contribution in [3.05, 3.63) is 64.4 Å². The summed E-state index contributed by atoms with van der Waals surface area (Å²) in [7, 11) is 0. The molecule has 0 aliphatic rings. The van der Waals surface area contributed by atoms with Gasteiger partial charge >= 0.3 is 0 Å². The molecule has 0 radical (unpaired) electrons. The molecule has 20 heavy (non-hydrogen) atoms. The van der Waals surface area contributed by atoms with Crippen LogP contribution in [0.4, 0.5) is 10.1 Å². The molecule has 0 fully saturated rings. The average molecular weight is 312 g/mol. The quantitative estimate of drug-likeness (QED) is 0.827. The van der Waals surface area contributed by atoms with Gasteiger partial charge in [0.2, 0.25) is 0 Å². The number of nitrogens with one attached hydrogen (secondary N) is 1. The maximum absolute atomic E-state index is 12.9. The van der Waals surface area contributed by atoms with Crippen LogP contribution in [0.1, 0.15) is 15.9 Å². The molecule has 0 aliphatic heterocycles. The molecule has 0 atom stereocenters. The van der Waals surface area contributed by atoms with Crippen LogP contribution in [0.25, 0.3) is 0 Å². The minimum atomic E-state index is -0.475. The van der Waals surface area contributed by atoms with Crippen molar-refractivity contribution in [3.63, 3.8) is 0 Å². The number of amides is 1. The highest BCUT2D eigenvalue weighted by Crippen LogP contribution is 2.19. The van der Waals surface area contributed by atoms with E-state index in [0.717, 1.165) is 18.1 Å². The zero-order valence-electron chi connectivity index (χ0n) is 10.5. The second kappa shape index (κ2) is 6.73. The predicted molar refractivity (Wildman–Crippen MR) is 80.2 cm³/mol. The van der Waals surface area contributed by atoms with Gasteiger partial charge in [-0.25, -0.2) is 4.39 Å². The number of halogens is 3. The summed E-state index contributed by atoms with van der Waals surface area (Å²) in [5.74, 6) is -0.297. The summed E-state index contributed by atoms with van der Waals surface area (Å²) in [4.78, 5) is 12.0. The average Bonchev–Trinajstić information content (AvgIpc) is 2.41. The van der Waals surface area contributed by atoms with Gasteiger partial charge in [-0.1, -0.05) is 23.7 Å². The molecule has 2 rings (SSSR count). The largest absolute Gasteiger partial charge is 0.322 e. The van der Waals surface area contributed by atoms with Crippen LogP contribution in [0.5, 0.6) is 0 Å². The standard InChI is InChI=1S/C15H12Cl2FNO/c16-8-7-10-1-4-12(5-2-10)19-15(20)13-6-3-11(18)9-14(13)17/h1-6,9H,7-8H2,(H,19,20). The summed E-state index contributed by atoms with van der Waals surface area (Å²) >= 11 is 11.5. The lowest BCUT2D eigenvalue weighted by atomic mass is 10.1. The Kier molecular flexibility index (Phi) is 4.99. The molecule has 0 aliphatic carbocycles. The Morgan fingerprint density at radius 2 is 1.85 bits per heavy atom. The summed E-state index contributed by atoms with van der Waals surface area (Å²) in [6, 6.07) is 11.0. The number of carbonyl (C=O) groups is 1. The Balaban J connectivity index is 2.11. The van der Waals surface area contributed by atoms with Crippen LogP contribution in [0.15, 0.2) is 42.5 Å². The molecule has 0 aromatic heterocycles. The first-order valence-corrected chi connectivity index (χ1v) is 6.92. The van der Waals surface area contributed by atoms with E-state index in [1.54, 1.807) is 12.1 Å². The van der Waals surface area contributed by atoms with Crippen molar-refractivity contribution in [3.8, 4) is 0 Å². The van der Waals surface area contributed by atoms with Crippen molar-refractivity contribution in [2.75, 3.05) is 11.2 Å². The van der Waals surface area contributed by atoms with Crippen molar-refractivity contribution in [1.29, 1.82) is 0 Å². The summed E-state index contributed by atoms with van der Waals surface area (Å²) < 4.78 is 12.9. The van der Waals surface area contributed by atoms with Crippen LogP contribution in [0.2, 0.25) is 5.02 Å². The summed E-state index contributed by atoms with van der Waals surface area (Å²) in [5.41, 5.74) is 1.98. The molecule has 0 heterocycles. The molecule has 0 unspecified atom stereocenters. The third-order valence-electron chi connectivity index (χ3n) is 2.77. The third kappa shape index (κ3) is 3.71. The predicted octanol–water partition coefficient (Wildman–Crippen LogP) is 4.51. The SMILES string of the molecule is O=C(Nc1ccc(CCCl)cc1)c1ccc(F)cc1Cl. The highest BCUT2D eigenvalue weighted by molar-refractivity contribution is 6.34. The van der Waals surface area contributed by atoms with Crippen LogP contribution in [-0.2, 0) is 6.42 Å². The van der Waals surface area contributed by atoms with Crippen LogP contribution < -0.4 is 5.32 Å². The normalized spacial score (nSPS) is 10.3. The Bertz CT molecular complexity index is 614. The summed E-state index contributed by atoms with van der Waals surface area (Å²) in [6.45, 7) is 0. The van der Waals surface area contributed by atoms with E-state index in [1.807, 2.05) is 12.1 Å². The van der Waals surface area contributed by atoms with Gasteiger partial charge in [0.15, 0.2) is 0 Å². The minimum absolute atomic E-state index is 0.0845. The molecule has 1 N–H and O–H groups in total. The number of hydrogen-bond donors (Lipinski definition) is 1. The number of aryl methyl sites for hydroxylation is 1. The van der Waals surface area contributed by atoms with Gasteiger partial charge < -0.3 is 5.32 Å². The highest BCUT2D eigenvalue weighted by atomic mass is 35.5. The lowest BCUT2D eigenvalue weighted by molar-refractivity contribution is 0.102. The van der Waals surface area contributed by atoms with Gasteiger partial charge in [0.05, 0.1) is 10.6 Å². The second-order valence-electron chi connectivity index (χ2n) is 4.21. The van der Waals surface area contributed by atoms with Gasteiger partial charge in [0.25, 0.3) is 5.91 Å². The molecule has 1 amide bonds. The maximum Gasteiger partial charge on any atom is 0.257 e. The second-order valence-corrected chi connectivity index (χ2v) is 5.00. The lowest BCUT2D eigenvalue weighted by Gasteiger charge is -2.07. The fourth-order valence-corrected chi connectivity index (χ4v) is 2.21.